The zero-order valence-electron chi connectivity index (χ0n) is 18.8. The van der Waals surface area contributed by atoms with Crippen LogP contribution in [0.3, 0.4) is 0 Å². The van der Waals surface area contributed by atoms with E-state index in [2.05, 4.69) is 4.90 Å². The van der Waals surface area contributed by atoms with Crippen molar-refractivity contribution in [2.45, 2.75) is 26.8 Å². The van der Waals surface area contributed by atoms with Crippen LogP contribution in [0.15, 0.2) is 42.5 Å². The summed E-state index contributed by atoms with van der Waals surface area (Å²) in [6.07, 6.45) is 1.14. The molecule has 1 saturated heterocycles. The lowest BCUT2D eigenvalue weighted by Gasteiger charge is -2.39. The van der Waals surface area contributed by atoms with Crippen molar-refractivity contribution in [3.63, 3.8) is 0 Å². The summed E-state index contributed by atoms with van der Waals surface area (Å²) in [6.45, 7) is 7.91. The minimum Gasteiger partial charge on any atom is -0.495 e. The van der Waals surface area contributed by atoms with Crippen LogP contribution in [-0.2, 0) is 14.8 Å². The number of piperazine rings is 1. The molecule has 3 rings (SSSR count). The summed E-state index contributed by atoms with van der Waals surface area (Å²) in [6, 6.07) is 12.4. The third-order valence-electron chi connectivity index (χ3n) is 5.83. The molecule has 0 bridgehead atoms. The normalized spacial score (nSPS) is 15.5. The summed E-state index contributed by atoms with van der Waals surface area (Å²) in [5, 5.41) is 0. The molecule has 8 heteroatoms. The molecule has 0 aliphatic carbocycles. The zero-order valence-corrected chi connectivity index (χ0v) is 19.6. The number of para-hydroxylation sites is 2. The minimum absolute atomic E-state index is 0.191. The SMILES string of the molecule is COc1ccccc1N1CCN(C(=O)[C@@H](C)N(c2ccc(C)c(C)c2)S(C)(=O)=O)CC1. The molecule has 0 spiro atoms. The third-order valence-corrected chi connectivity index (χ3v) is 7.07. The molecule has 31 heavy (non-hydrogen) atoms. The highest BCUT2D eigenvalue weighted by atomic mass is 32.2. The van der Waals surface area contributed by atoms with E-state index in [0.29, 0.717) is 31.9 Å². The molecule has 0 unspecified atom stereocenters. The Hall–Kier alpha value is -2.74. The van der Waals surface area contributed by atoms with Gasteiger partial charge in [-0.1, -0.05) is 18.2 Å². The first-order valence-electron chi connectivity index (χ1n) is 10.4. The quantitative estimate of drug-likeness (QED) is 0.684. The van der Waals surface area contributed by atoms with E-state index in [4.69, 9.17) is 4.74 Å². The van der Waals surface area contributed by atoms with Crippen LogP contribution in [0, 0.1) is 13.8 Å². The number of anilines is 2. The van der Waals surface area contributed by atoms with Crippen molar-refractivity contribution in [2.24, 2.45) is 0 Å². The van der Waals surface area contributed by atoms with Gasteiger partial charge in [-0.25, -0.2) is 8.42 Å². The number of sulfonamides is 1. The molecule has 1 fully saturated rings. The summed E-state index contributed by atoms with van der Waals surface area (Å²) in [5.74, 6) is 0.608. The van der Waals surface area contributed by atoms with Gasteiger partial charge >= 0.3 is 0 Å². The van der Waals surface area contributed by atoms with E-state index in [1.165, 1.54) is 4.31 Å². The van der Waals surface area contributed by atoms with Crippen molar-refractivity contribution in [3.05, 3.63) is 53.6 Å². The Kier molecular flexibility index (Phi) is 6.79. The van der Waals surface area contributed by atoms with Gasteiger partial charge in [-0.3, -0.25) is 9.10 Å². The van der Waals surface area contributed by atoms with Crippen molar-refractivity contribution < 1.29 is 17.9 Å². The van der Waals surface area contributed by atoms with Gasteiger partial charge in [-0.2, -0.15) is 0 Å². The maximum absolute atomic E-state index is 13.3. The highest BCUT2D eigenvalue weighted by molar-refractivity contribution is 7.92. The summed E-state index contributed by atoms with van der Waals surface area (Å²) < 4.78 is 31.9. The van der Waals surface area contributed by atoms with Crippen molar-refractivity contribution in [3.8, 4) is 5.75 Å². The van der Waals surface area contributed by atoms with Crippen LogP contribution in [0.4, 0.5) is 11.4 Å². The van der Waals surface area contributed by atoms with Crippen LogP contribution in [-0.4, -0.2) is 64.8 Å². The van der Waals surface area contributed by atoms with Crippen LogP contribution >= 0.6 is 0 Å². The van der Waals surface area contributed by atoms with Crippen LogP contribution in [0.25, 0.3) is 0 Å². The van der Waals surface area contributed by atoms with Gasteiger partial charge in [-0.15, -0.1) is 0 Å². The van der Waals surface area contributed by atoms with Gasteiger partial charge in [0.2, 0.25) is 15.9 Å². The lowest BCUT2D eigenvalue weighted by Crippen LogP contribution is -2.55. The first-order valence-corrected chi connectivity index (χ1v) is 12.2. The number of methoxy groups -OCH3 is 1. The molecule has 2 aromatic carbocycles. The number of hydrogen-bond acceptors (Lipinski definition) is 5. The van der Waals surface area contributed by atoms with Gasteiger partial charge in [0.15, 0.2) is 0 Å². The fourth-order valence-electron chi connectivity index (χ4n) is 3.99. The van der Waals surface area contributed by atoms with Gasteiger partial charge in [0.25, 0.3) is 0 Å². The van der Waals surface area contributed by atoms with Crippen molar-refractivity contribution in [2.75, 3.05) is 48.7 Å². The summed E-state index contributed by atoms with van der Waals surface area (Å²) in [5.41, 5.74) is 3.57. The fraction of sp³-hybridized carbons (Fsp3) is 0.435. The average molecular weight is 446 g/mol. The van der Waals surface area contributed by atoms with Crippen LogP contribution in [0.2, 0.25) is 0 Å². The molecule has 0 radical (unpaired) electrons. The molecular weight excluding hydrogens is 414 g/mol. The predicted octanol–water partition coefficient (Wildman–Crippen LogP) is 2.82. The second-order valence-electron chi connectivity index (χ2n) is 7.99. The van der Waals surface area contributed by atoms with Gasteiger partial charge < -0.3 is 14.5 Å². The zero-order chi connectivity index (χ0) is 22.8. The lowest BCUT2D eigenvalue weighted by atomic mass is 10.1. The highest BCUT2D eigenvalue weighted by Crippen LogP contribution is 2.29. The lowest BCUT2D eigenvalue weighted by molar-refractivity contribution is -0.132. The Morgan fingerprint density at radius 1 is 1.03 bits per heavy atom. The molecule has 0 aromatic heterocycles. The summed E-state index contributed by atoms with van der Waals surface area (Å²) in [7, 11) is -1.99. The number of aryl methyl sites for hydroxylation is 2. The van der Waals surface area contributed by atoms with Crippen molar-refractivity contribution in [1.29, 1.82) is 0 Å². The van der Waals surface area contributed by atoms with Crippen LogP contribution in [0.5, 0.6) is 5.75 Å². The summed E-state index contributed by atoms with van der Waals surface area (Å²) in [4.78, 5) is 17.2. The number of rotatable bonds is 6. The molecule has 7 nitrogen and oxygen atoms in total. The third kappa shape index (κ3) is 4.95. The number of ether oxygens (including phenoxy) is 1. The molecule has 1 aliphatic rings. The first kappa shape index (κ1) is 22.9. The second-order valence-corrected chi connectivity index (χ2v) is 9.85. The number of nitrogens with zero attached hydrogens (tertiary/aromatic N) is 3. The maximum atomic E-state index is 13.3. The first-order chi connectivity index (χ1) is 14.6. The largest absolute Gasteiger partial charge is 0.495 e. The van der Waals surface area contributed by atoms with E-state index in [1.54, 1.807) is 25.0 Å². The van der Waals surface area contributed by atoms with Gasteiger partial charge in [-0.05, 0) is 56.2 Å². The number of carbonyl (C=O) groups excluding carboxylic acids is 1. The maximum Gasteiger partial charge on any atom is 0.246 e. The molecule has 0 saturated carbocycles. The molecule has 2 aromatic rings. The van der Waals surface area contributed by atoms with E-state index >= 15 is 0 Å². The Balaban J connectivity index is 1.76. The highest BCUT2D eigenvalue weighted by Gasteiger charge is 2.33. The Labute approximate surface area is 185 Å². The molecule has 168 valence electrons. The topological polar surface area (TPSA) is 70.2 Å². The number of hydrogen-bond donors (Lipinski definition) is 0. The molecule has 1 aliphatic heterocycles. The Morgan fingerprint density at radius 3 is 2.26 bits per heavy atom. The van der Waals surface area contributed by atoms with Crippen LogP contribution < -0.4 is 13.9 Å². The van der Waals surface area contributed by atoms with Gasteiger partial charge in [0, 0.05) is 26.2 Å². The van der Waals surface area contributed by atoms with Gasteiger partial charge in [0.05, 0.1) is 24.7 Å². The number of carbonyl (C=O) groups is 1. The number of amides is 1. The minimum atomic E-state index is -3.63. The summed E-state index contributed by atoms with van der Waals surface area (Å²) >= 11 is 0. The molecule has 0 N–H and O–H groups in total. The van der Waals surface area contributed by atoms with Gasteiger partial charge in [0.1, 0.15) is 11.8 Å². The van der Waals surface area contributed by atoms with Crippen LogP contribution in [0.1, 0.15) is 18.1 Å². The monoisotopic (exact) mass is 445 g/mol. The van der Waals surface area contributed by atoms with E-state index < -0.39 is 16.1 Å². The Morgan fingerprint density at radius 2 is 1.68 bits per heavy atom. The molecule has 1 amide bonds. The fourth-order valence-corrected chi connectivity index (χ4v) is 5.15. The smallest absolute Gasteiger partial charge is 0.246 e. The van der Waals surface area contributed by atoms with Crippen molar-refractivity contribution >= 4 is 27.3 Å². The molecular formula is C23H31N3O4S. The second kappa shape index (κ2) is 9.18. The Bertz CT molecular complexity index is 1050. The molecule has 1 atom stereocenters. The number of benzene rings is 2. The molecule has 1 heterocycles. The van der Waals surface area contributed by atoms with E-state index in [0.717, 1.165) is 28.8 Å². The average Bonchev–Trinajstić information content (AvgIpc) is 2.75. The standard InChI is InChI=1S/C23H31N3O4S/c1-17-10-11-20(16-18(17)2)26(31(5,28)29)19(3)23(27)25-14-12-24(13-15-25)21-8-6-7-9-22(21)30-4/h6-11,16,19H,12-15H2,1-5H3/t19-/m1/s1. The van der Waals surface area contributed by atoms with Crippen molar-refractivity contribution in [1.82, 2.24) is 4.90 Å². The van der Waals surface area contributed by atoms with E-state index in [1.807, 2.05) is 50.2 Å². The predicted molar refractivity (Wildman–Crippen MR) is 124 cm³/mol. The van der Waals surface area contributed by atoms with E-state index in [9.17, 15) is 13.2 Å². The van der Waals surface area contributed by atoms with E-state index in [-0.39, 0.29) is 5.91 Å².